The number of rotatable bonds is 4. The summed E-state index contributed by atoms with van der Waals surface area (Å²) in [4.78, 5) is 2.50. The summed E-state index contributed by atoms with van der Waals surface area (Å²) in [6, 6.07) is 1.19. The van der Waals surface area contributed by atoms with Gasteiger partial charge in [0.15, 0.2) is 0 Å². The molecule has 0 amide bonds. The monoisotopic (exact) mass is 214 g/mol. The standard InChI is InChI=1S/C11H22N2O2/c1-9(2)12-5-11-6-13(3-4-15-11)10-7-14-8-10/h9-12H,3-8H2,1-2H3/t11-/m1/s1. The summed E-state index contributed by atoms with van der Waals surface area (Å²) < 4.78 is 11.0. The second kappa shape index (κ2) is 5.25. The summed E-state index contributed by atoms with van der Waals surface area (Å²) in [7, 11) is 0. The summed E-state index contributed by atoms with van der Waals surface area (Å²) in [5.74, 6) is 0. The van der Waals surface area contributed by atoms with Crippen molar-refractivity contribution in [2.45, 2.75) is 32.0 Å². The Hall–Kier alpha value is -0.160. The Kier molecular flexibility index (Phi) is 3.97. The first-order valence-corrected chi connectivity index (χ1v) is 5.92. The van der Waals surface area contributed by atoms with Crippen molar-refractivity contribution in [1.29, 1.82) is 0 Å². The molecule has 0 aliphatic carbocycles. The number of ether oxygens (including phenoxy) is 2. The molecule has 1 atom stereocenters. The van der Waals surface area contributed by atoms with Crippen molar-refractivity contribution in [3.63, 3.8) is 0 Å². The highest BCUT2D eigenvalue weighted by atomic mass is 16.5. The zero-order chi connectivity index (χ0) is 10.7. The van der Waals surface area contributed by atoms with E-state index < -0.39 is 0 Å². The van der Waals surface area contributed by atoms with Gasteiger partial charge in [0.2, 0.25) is 0 Å². The highest BCUT2D eigenvalue weighted by Gasteiger charge is 2.30. The van der Waals surface area contributed by atoms with Gasteiger partial charge >= 0.3 is 0 Å². The van der Waals surface area contributed by atoms with Crippen molar-refractivity contribution in [1.82, 2.24) is 10.2 Å². The molecular weight excluding hydrogens is 192 g/mol. The fourth-order valence-electron chi connectivity index (χ4n) is 2.00. The van der Waals surface area contributed by atoms with Crippen molar-refractivity contribution < 1.29 is 9.47 Å². The Bertz CT molecular complexity index is 195. The second-order valence-corrected chi connectivity index (χ2v) is 4.74. The molecule has 2 fully saturated rings. The maximum absolute atomic E-state index is 5.73. The average Bonchev–Trinajstić information content (AvgIpc) is 2.13. The quantitative estimate of drug-likeness (QED) is 0.719. The van der Waals surface area contributed by atoms with E-state index in [2.05, 4.69) is 24.1 Å². The van der Waals surface area contributed by atoms with E-state index in [0.717, 1.165) is 39.5 Å². The van der Waals surface area contributed by atoms with E-state index in [0.29, 0.717) is 18.2 Å². The average molecular weight is 214 g/mol. The molecule has 2 saturated heterocycles. The van der Waals surface area contributed by atoms with Gasteiger partial charge in [0.05, 0.1) is 32.0 Å². The van der Waals surface area contributed by atoms with Gasteiger partial charge in [-0.2, -0.15) is 0 Å². The van der Waals surface area contributed by atoms with Crippen LogP contribution in [0, 0.1) is 0 Å². The van der Waals surface area contributed by atoms with Gasteiger partial charge in [-0.15, -0.1) is 0 Å². The van der Waals surface area contributed by atoms with Crippen LogP contribution < -0.4 is 5.32 Å². The minimum absolute atomic E-state index is 0.349. The van der Waals surface area contributed by atoms with Gasteiger partial charge < -0.3 is 14.8 Å². The van der Waals surface area contributed by atoms with Crippen LogP contribution in [0.5, 0.6) is 0 Å². The van der Waals surface area contributed by atoms with Crippen LogP contribution in [-0.4, -0.2) is 62.5 Å². The molecule has 88 valence electrons. The smallest absolute Gasteiger partial charge is 0.0826 e. The van der Waals surface area contributed by atoms with E-state index in [4.69, 9.17) is 9.47 Å². The van der Waals surface area contributed by atoms with Crippen molar-refractivity contribution >= 4 is 0 Å². The van der Waals surface area contributed by atoms with E-state index in [-0.39, 0.29) is 0 Å². The van der Waals surface area contributed by atoms with Crippen LogP contribution in [0.25, 0.3) is 0 Å². The zero-order valence-corrected chi connectivity index (χ0v) is 9.74. The summed E-state index contributed by atoms with van der Waals surface area (Å²) in [6.07, 6.45) is 0.349. The first-order chi connectivity index (χ1) is 7.25. The van der Waals surface area contributed by atoms with Crippen LogP contribution in [0.4, 0.5) is 0 Å². The molecule has 0 bridgehead atoms. The topological polar surface area (TPSA) is 33.7 Å². The van der Waals surface area contributed by atoms with Crippen molar-refractivity contribution in [3.8, 4) is 0 Å². The molecule has 2 aliphatic rings. The Morgan fingerprint density at radius 1 is 1.40 bits per heavy atom. The van der Waals surface area contributed by atoms with Crippen LogP contribution in [0.2, 0.25) is 0 Å². The Morgan fingerprint density at radius 3 is 2.80 bits per heavy atom. The fraction of sp³-hybridized carbons (Fsp3) is 1.00. The molecule has 4 heteroatoms. The third kappa shape index (κ3) is 3.14. The molecule has 0 aromatic rings. The van der Waals surface area contributed by atoms with Crippen LogP contribution in [0.3, 0.4) is 0 Å². The van der Waals surface area contributed by atoms with Gasteiger partial charge in [-0.05, 0) is 0 Å². The third-order valence-corrected chi connectivity index (χ3v) is 3.06. The highest BCUT2D eigenvalue weighted by Crippen LogP contribution is 2.14. The van der Waals surface area contributed by atoms with Crippen LogP contribution in [-0.2, 0) is 9.47 Å². The molecule has 2 aliphatic heterocycles. The molecular formula is C11H22N2O2. The van der Waals surface area contributed by atoms with Crippen LogP contribution in [0.15, 0.2) is 0 Å². The summed E-state index contributed by atoms with van der Waals surface area (Å²) in [5, 5.41) is 3.43. The van der Waals surface area contributed by atoms with E-state index >= 15 is 0 Å². The zero-order valence-electron chi connectivity index (χ0n) is 9.74. The molecule has 2 heterocycles. The lowest BCUT2D eigenvalue weighted by Crippen LogP contribution is -2.56. The van der Waals surface area contributed by atoms with Crippen LogP contribution >= 0.6 is 0 Å². The first kappa shape index (κ1) is 11.3. The Labute approximate surface area is 91.9 Å². The number of hydrogen-bond donors (Lipinski definition) is 1. The number of morpholine rings is 1. The molecule has 0 saturated carbocycles. The van der Waals surface area contributed by atoms with E-state index in [1.54, 1.807) is 0 Å². The SMILES string of the molecule is CC(C)NC[C@@H]1CN(C2COC2)CCO1. The third-order valence-electron chi connectivity index (χ3n) is 3.06. The number of hydrogen-bond acceptors (Lipinski definition) is 4. The van der Waals surface area contributed by atoms with Crippen molar-refractivity contribution in [2.24, 2.45) is 0 Å². The minimum Gasteiger partial charge on any atom is -0.378 e. The molecule has 0 spiro atoms. The largest absolute Gasteiger partial charge is 0.378 e. The first-order valence-electron chi connectivity index (χ1n) is 5.92. The maximum atomic E-state index is 5.73. The van der Waals surface area contributed by atoms with Crippen molar-refractivity contribution in [3.05, 3.63) is 0 Å². The predicted molar refractivity (Wildman–Crippen MR) is 59.1 cm³/mol. The lowest BCUT2D eigenvalue weighted by atomic mass is 10.1. The van der Waals surface area contributed by atoms with Gasteiger partial charge in [0.25, 0.3) is 0 Å². The van der Waals surface area contributed by atoms with Gasteiger partial charge in [0, 0.05) is 25.7 Å². The van der Waals surface area contributed by atoms with Gasteiger partial charge in [-0.3, -0.25) is 4.90 Å². The van der Waals surface area contributed by atoms with Gasteiger partial charge in [-0.1, -0.05) is 13.8 Å². The van der Waals surface area contributed by atoms with Crippen LogP contribution in [0.1, 0.15) is 13.8 Å². The van der Waals surface area contributed by atoms with E-state index in [1.807, 2.05) is 0 Å². The minimum atomic E-state index is 0.349. The lowest BCUT2D eigenvalue weighted by Gasteiger charge is -2.42. The summed E-state index contributed by atoms with van der Waals surface area (Å²) in [6.45, 7) is 10.1. The van der Waals surface area contributed by atoms with Gasteiger partial charge in [0.1, 0.15) is 0 Å². The number of nitrogens with one attached hydrogen (secondary N) is 1. The molecule has 2 rings (SSSR count). The van der Waals surface area contributed by atoms with E-state index in [9.17, 15) is 0 Å². The molecule has 0 radical (unpaired) electrons. The maximum Gasteiger partial charge on any atom is 0.0826 e. The predicted octanol–water partition coefficient (Wildman–Crippen LogP) is 0.0840. The normalized spacial score (nSPS) is 29.4. The molecule has 0 aromatic carbocycles. The lowest BCUT2D eigenvalue weighted by molar-refractivity contribution is -0.113. The molecule has 4 nitrogen and oxygen atoms in total. The Balaban J connectivity index is 1.71. The highest BCUT2D eigenvalue weighted by molar-refractivity contribution is 4.83. The Morgan fingerprint density at radius 2 is 2.20 bits per heavy atom. The molecule has 0 aromatic heterocycles. The summed E-state index contributed by atoms with van der Waals surface area (Å²) >= 11 is 0. The second-order valence-electron chi connectivity index (χ2n) is 4.74. The summed E-state index contributed by atoms with van der Waals surface area (Å²) in [5.41, 5.74) is 0. The molecule has 15 heavy (non-hydrogen) atoms. The van der Waals surface area contributed by atoms with Gasteiger partial charge in [-0.25, -0.2) is 0 Å². The fourth-order valence-corrected chi connectivity index (χ4v) is 2.00. The molecule has 1 N–H and O–H groups in total. The van der Waals surface area contributed by atoms with E-state index in [1.165, 1.54) is 0 Å². The number of nitrogens with zero attached hydrogens (tertiary/aromatic N) is 1. The van der Waals surface area contributed by atoms with Crippen molar-refractivity contribution in [2.75, 3.05) is 39.5 Å². The molecule has 0 unspecified atom stereocenters.